The van der Waals surface area contributed by atoms with Gasteiger partial charge in [-0.2, -0.15) is 5.10 Å². The topological polar surface area (TPSA) is 33.6 Å². The Balaban J connectivity index is 2.03. The van der Waals surface area contributed by atoms with E-state index >= 15 is 0 Å². The molecule has 0 unspecified atom stereocenters. The Morgan fingerprint density at radius 3 is 3.11 bits per heavy atom. The van der Waals surface area contributed by atoms with Crippen molar-refractivity contribution in [3.8, 4) is 11.3 Å². The van der Waals surface area contributed by atoms with Crippen LogP contribution >= 0.6 is 0 Å². The van der Waals surface area contributed by atoms with Crippen LogP contribution in [0.1, 0.15) is 0 Å². The summed E-state index contributed by atoms with van der Waals surface area (Å²) < 4.78 is 1.91. The number of aromatic nitrogens is 3. The first kappa shape index (κ1) is 10.4. The Bertz CT molecular complexity index is 883. The fraction of sp³-hybridized carbons (Fsp3) is 0.0625. The molecular weight excluding hydrogens is 234 g/mol. The monoisotopic (exact) mass is 246 g/mol. The van der Waals surface area contributed by atoms with Gasteiger partial charge < -0.3 is 4.98 Å². The zero-order valence-electron chi connectivity index (χ0n) is 10.5. The molecule has 0 saturated heterocycles. The molecule has 3 heteroatoms. The minimum Gasteiger partial charge on any atom is -0.361 e. The lowest BCUT2D eigenvalue weighted by Gasteiger charge is -1.98. The molecular formula is C16H12N3. The summed E-state index contributed by atoms with van der Waals surface area (Å²) in [6, 6.07) is 17.5. The highest BCUT2D eigenvalue weighted by atomic mass is 15.3. The quantitative estimate of drug-likeness (QED) is 0.547. The van der Waals surface area contributed by atoms with Gasteiger partial charge in [-0.1, -0.05) is 18.2 Å². The molecule has 2 aromatic carbocycles. The van der Waals surface area contributed by atoms with Crippen LogP contribution < -0.4 is 0 Å². The maximum Gasteiger partial charge on any atom is 0.100 e. The van der Waals surface area contributed by atoms with Crippen LogP contribution in [0, 0.1) is 6.07 Å². The summed E-state index contributed by atoms with van der Waals surface area (Å²) >= 11 is 0. The summed E-state index contributed by atoms with van der Waals surface area (Å²) in [6.07, 6.45) is 1.96. The molecule has 3 nitrogen and oxygen atoms in total. The molecule has 1 N–H and O–H groups in total. The van der Waals surface area contributed by atoms with Crippen LogP contribution in [0.2, 0.25) is 0 Å². The van der Waals surface area contributed by atoms with E-state index in [9.17, 15) is 0 Å². The fourth-order valence-electron chi connectivity index (χ4n) is 2.56. The van der Waals surface area contributed by atoms with Gasteiger partial charge in [0.25, 0.3) is 0 Å². The van der Waals surface area contributed by atoms with E-state index in [2.05, 4.69) is 40.4 Å². The van der Waals surface area contributed by atoms with E-state index < -0.39 is 0 Å². The Kier molecular flexibility index (Phi) is 2.03. The molecule has 4 aromatic rings. The highest BCUT2D eigenvalue weighted by Gasteiger charge is 2.10. The zero-order valence-corrected chi connectivity index (χ0v) is 10.5. The summed E-state index contributed by atoms with van der Waals surface area (Å²) in [5, 5.41) is 6.99. The summed E-state index contributed by atoms with van der Waals surface area (Å²) in [5.74, 6) is 0. The average Bonchev–Trinajstić information content (AvgIpc) is 3.03. The largest absolute Gasteiger partial charge is 0.361 e. The fourth-order valence-corrected chi connectivity index (χ4v) is 2.56. The number of nitrogens with one attached hydrogen (secondary N) is 1. The van der Waals surface area contributed by atoms with Crippen LogP contribution in [0.4, 0.5) is 0 Å². The van der Waals surface area contributed by atoms with Crippen molar-refractivity contribution in [3.63, 3.8) is 0 Å². The Morgan fingerprint density at radius 1 is 1.21 bits per heavy atom. The lowest BCUT2D eigenvalue weighted by atomic mass is 10.1. The number of rotatable bonds is 1. The van der Waals surface area contributed by atoms with E-state index in [1.807, 2.05) is 36.1 Å². The van der Waals surface area contributed by atoms with Gasteiger partial charge >= 0.3 is 0 Å². The third kappa shape index (κ3) is 1.48. The molecule has 0 spiro atoms. The van der Waals surface area contributed by atoms with E-state index in [-0.39, 0.29) is 0 Å². The van der Waals surface area contributed by atoms with Crippen LogP contribution in [0.3, 0.4) is 0 Å². The van der Waals surface area contributed by atoms with Crippen LogP contribution in [0.25, 0.3) is 33.1 Å². The number of benzene rings is 2. The first-order valence-corrected chi connectivity index (χ1v) is 6.23. The van der Waals surface area contributed by atoms with Crippen LogP contribution in [-0.4, -0.2) is 14.8 Å². The first-order chi connectivity index (χ1) is 9.33. The van der Waals surface area contributed by atoms with Gasteiger partial charge in [0, 0.05) is 29.7 Å². The van der Waals surface area contributed by atoms with Crippen LogP contribution in [0.15, 0.2) is 48.7 Å². The highest BCUT2D eigenvalue weighted by Crippen LogP contribution is 2.29. The predicted molar refractivity (Wildman–Crippen MR) is 76.8 cm³/mol. The molecule has 0 aliphatic rings. The molecule has 0 bridgehead atoms. The number of hydrogen-bond donors (Lipinski definition) is 1. The van der Waals surface area contributed by atoms with Crippen LogP contribution in [0.5, 0.6) is 0 Å². The number of nitrogens with zero attached hydrogens (tertiary/aromatic N) is 2. The third-order valence-electron chi connectivity index (χ3n) is 3.52. The molecule has 0 aliphatic heterocycles. The summed E-state index contributed by atoms with van der Waals surface area (Å²) in [7, 11) is 1.97. The van der Waals surface area contributed by atoms with Gasteiger partial charge in [-0.3, -0.25) is 4.68 Å². The van der Waals surface area contributed by atoms with Crippen molar-refractivity contribution < 1.29 is 0 Å². The van der Waals surface area contributed by atoms with Crippen molar-refractivity contribution in [2.24, 2.45) is 7.05 Å². The summed E-state index contributed by atoms with van der Waals surface area (Å²) in [5.41, 5.74) is 4.39. The van der Waals surface area contributed by atoms with Gasteiger partial charge in [0.05, 0.1) is 5.52 Å². The summed E-state index contributed by atoms with van der Waals surface area (Å²) in [4.78, 5) is 3.24. The summed E-state index contributed by atoms with van der Waals surface area (Å²) in [6.45, 7) is 0. The van der Waals surface area contributed by atoms with Crippen molar-refractivity contribution in [2.45, 2.75) is 0 Å². The van der Waals surface area contributed by atoms with Gasteiger partial charge in [0.1, 0.15) is 5.69 Å². The van der Waals surface area contributed by atoms with Gasteiger partial charge in [0.2, 0.25) is 0 Å². The molecule has 0 amide bonds. The second-order valence-corrected chi connectivity index (χ2v) is 4.70. The van der Waals surface area contributed by atoms with E-state index in [0.717, 1.165) is 27.7 Å². The molecule has 0 aliphatic carbocycles. The van der Waals surface area contributed by atoms with Crippen LogP contribution in [-0.2, 0) is 7.05 Å². The van der Waals surface area contributed by atoms with Gasteiger partial charge in [-0.25, -0.2) is 0 Å². The number of aryl methyl sites for hydroxylation is 1. The second-order valence-electron chi connectivity index (χ2n) is 4.70. The van der Waals surface area contributed by atoms with Crippen molar-refractivity contribution >= 4 is 21.8 Å². The maximum absolute atomic E-state index is 4.63. The van der Waals surface area contributed by atoms with Crippen molar-refractivity contribution in [2.75, 3.05) is 0 Å². The molecule has 4 rings (SSSR count). The SMILES string of the molecule is Cn1nc(-c2ccc3cc[nH]c3c2)c2c[c]ccc21. The van der Waals surface area contributed by atoms with Crippen molar-refractivity contribution in [1.82, 2.24) is 14.8 Å². The van der Waals surface area contributed by atoms with Gasteiger partial charge in [-0.05, 0) is 35.7 Å². The Hall–Kier alpha value is -2.55. The minimum absolute atomic E-state index is 1.01. The molecule has 0 saturated carbocycles. The number of H-pyrrole nitrogens is 1. The molecule has 91 valence electrons. The molecule has 0 atom stereocenters. The Labute approximate surface area is 110 Å². The number of aromatic amines is 1. The minimum atomic E-state index is 1.01. The lowest BCUT2D eigenvalue weighted by molar-refractivity contribution is 0.800. The Morgan fingerprint density at radius 2 is 2.16 bits per heavy atom. The number of fused-ring (bicyclic) bond motifs is 2. The van der Waals surface area contributed by atoms with Gasteiger partial charge in [0.15, 0.2) is 0 Å². The third-order valence-corrected chi connectivity index (χ3v) is 3.52. The highest BCUT2D eigenvalue weighted by molar-refractivity contribution is 5.95. The predicted octanol–water partition coefficient (Wildman–Crippen LogP) is 3.52. The molecule has 1 radical (unpaired) electrons. The molecule has 0 fully saturated rings. The standard InChI is InChI=1S/C16H12N3/c1-19-15-5-3-2-4-13(15)16(18-19)12-7-6-11-8-9-17-14(11)10-12/h3-10,17H,1H3. The lowest BCUT2D eigenvalue weighted by Crippen LogP contribution is -1.89. The first-order valence-electron chi connectivity index (χ1n) is 6.23. The smallest absolute Gasteiger partial charge is 0.100 e. The number of hydrogen-bond acceptors (Lipinski definition) is 1. The molecule has 2 heterocycles. The van der Waals surface area contributed by atoms with E-state index in [1.54, 1.807) is 0 Å². The normalized spacial score (nSPS) is 11.4. The van der Waals surface area contributed by atoms with Crippen molar-refractivity contribution in [3.05, 3.63) is 54.7 Å². The van der Waals surface area contributed by atoms with E-state index in [1.165, 1.54) is 5.39 Å². The van der Waals surface area contributed by atoms with E-state index in [0.29, 0.717) is 0 Å². The molecule has 2 aromatic heterocycles. The van der Waals surface area contributed by atoms with Crippen molar-refractivity contribution in [1.29, 1.82) is 0 Å². The maximum atomic E-state index is 4.63. The second kappa shape index (κ2) is 3.72. The average molecular weight is 246 g/mol. The van der Waals surface area contributed by atoms with Gasteiger partial charge in [-0.15, -0.1) is 0 Å². The molecule has 19 heavy (non-hydrogen) atoms. The van der Waals surface area contributed by atoms with E-state index in [4.69, 9.17) is 0 Å². The zero-order chi connectivity index (χ0) is 12.8.